The van der Waals surface area contributed by atoms with Crippen molar-refractivity contribution < 1.29 is 19.5 Å². The molecule has 0 spiro atoms. The number of ketones is 2. The summed E-state index contributed by atoms with van der Waals surface area (Å²) in [4.78, 5) is 35.5. The summed E-state index contributed by atoms with van der Waals surface area (Å²) in [6.07, 6.45) is 0. The fourth-order valence-corrected chi connectivity index (χ4v) is 2.99. The van der Waals surface area contributed by atoms with Crippen molar-refractivity contribution >= 4 is 33.5 Å². The van der Waals surface area contributed by atoms with Gasteiger partial charge in [0, 0.05) is 21.3 Å². The highest BCUT2D eigenvalue weighted by atomic mass is 79.9. The van der Waals surface area contributed by atoms with E-state index in [0.717, 1.165) is 4.47 Å². The van der Waals surface area contributed by atoms with Gasteiger partial charge in [0.2, 0.25) is 5.78 Å². The quantitative estimate of drug-likeness (QED) is 0.847. The molecule has 1 N–H and O–H groups in total. The minimum atomic E-state index is -1.06. The van der Waals surface area contributed by atoms with Crippen LogP contribution in [0.25, 0.3) is 11.1 Å². The lowest BCUT2D eigenvalue weighted by molar-refractivity contribution is -0.137. The van der Waals surface area contributed by atoms with Crippen molar-refractivity contribution in [2.24, 2.45) is 0 Å². The molecule has 0 atom stereocenters. The average molecular weight is 348 g/mol. The SMILES string of the molecule is Cc1cc2c(n1CC(=O)O)C(=O)C(=O)c1ccc(Br)cc1-2. The maximum absolute atomic E-state index is 12.3. The Hall–Kier alpha value is -2.21. The molecule has 2 aromatic rings. The molecular formula is C15H10BrNO4. The van der Waals surface area contributed by atoms with E-state index < -0.39 is 17.5 Å². The van der Waals surface area contributed by atoms with Crippen molar-refractivity contribution in [1.29, 1.82) is 0 Å². The van der Waals surface area contributed by atoms with Crippen LogP contribution >= 0.6 is 15.9 Å². The Bertz CT molecular complexity index is 819. The van der Waals surface area contributed by atoms with Gasteiger partial charge in [0.25, 0.3) is 5.78 Å². The van der Waals surface area contributed by atoms with Gasteiger partial charge in [-0.2, -0.15) is 0 Å². The number of carboxylic acids is 1. The third-order valence-corrected chi connectivity index (χ3v) is 4.03. The number of fused-ring (bicyclic) bond motifs is 3. The first-order valence-corrected chi connectivity index (χ1v) is 7.00. The van der Waals surface area contributed by atoms with Gasteiger partial charge in [-0.1, -0.05) is 15.9 Å². The van der Waals surface area contributed by atoms with Crippen molar-refractivity contribution in [2.45, 2.75) is 13.5 Å². The number of carboxylic acid groups (broad SMARTS) is 1. The van der Waals surface area contributed by atoms with E-state index in [9.17, 15) is 14.4 Å². The molecule has 0 radical (unpaired) electrons. The van der Waals surface area contributed by atoms with Gasteiger partial charge >= 0.3 is 5.97 Å². The number of carbonyl (C=O) groups excluding carboxylic acids is 2. The lowest BCUT2D eigenvalue weighted by Crippen LogP contribution is -2.25. The Kier molecular flexibility index (Phi) is 3.06. The number of Topliss-reactive ketones (excluding diaryl/α,β-unsaturated/α-hetero) is 2. The predicted molar refractivity (Wildman–Crippen MR) is 78.6 cm³/mol. The molecule has 1 heterocycles. The van der Waals surface area contributed by atoms with E-state index in [1.807, 2.05) is 0 Å². The maximum atomic E-state index is 12.3. The number of nitrogens with zero attached hydrogens (tertiary/aromatic N) is 1. The first-order valence-electron chi connectivity index (χ1n) is 6.21. The molecule has 1 aromatic carbocycles. The molecule has 21 heavy (non-hydrogen) atoms. The van der Waals surface area contributed by atoms with Gasteiger partial charge < -0.3 is 9.67 Å². The Balaban J connectivity index is 2.33. The standard InChI is InChI=1S/C15H10BrNO4/c1-7-4-11-10-5-8(16)2-3-9(10)14(20)15(21)13(11)17(7)6-12(18)19/h2-5H,6H2,1H3,(H,18,19). The highest BCUT2D eigenvalue weighted by Crippen LogP contribution is 2.37. The molecule has 3 rings (SSSR count). The number of halogens is 1. The van der Waals surface area contributed by atoms with Crippen LogP contribution < -0.4 is 0 Å². The second-order valence-electron chi connectivity index (χ2n) is 4.88. The third kappa shape index (κ3) is 2.03. The minimum Gasteiger partial charge on any atom is -0.480 e. The summed E-state index contributed by atoms with van der Waals surface area (Å²) in [7, 11) is 0. The van der Waals surface area contributed by atoms with Crippen LogP contribution in [0.3, 0.4) is 0 Å². The van der Waals surface area contributed by atoms with Gasteiger partial charge in [0.15, 0.2) is 0 Å². The van der Waals surface area contributed by atoms with Gasteiger partial charge in [-0.25, -0.2) is 0 Å². The van der Waals surface area contributed by atoms with E-state index in [4.69, 9.17) is 5.11 Å². The van der Waals surface area contributed by atoms with Gasteiger partial charge in [-0.15, -0.1) is 0 Å². The van der Waals surface area contributed by atoms with Crippen molar-refractivity contribution in [3.63, 3.8) is 0 Å². The van der Waals surface area contributed by atoms with E-state index >= 15 is 0 Å². The summed E-state index contributed by atoms with van der Waals surface area (Å²) in [5, 5.41) is 8.98. The summed E-state index contributed by atoms with van der Waals surface area (Å²) < 4.78 is 2.17. The van der Waals surface area contributed by atoms with Gasteiger partial charge in [-0.3, -0.25) is 14.4 Å². The highest BCUT2D eigenvalue weighted by Gasteiger charge is 2.34. The van der Waals surface area contributed by atoms with E-state index in [-0.39, 0.29) is 12.2 Å². The molecule has 6 heteroatoms. The lowest BCUT2D eigenvalue weighted by Gasteiger charge is -2.17. The Labute approximate surface area is 128 Å². The molecule has 0 bridgehead atoms. The highest BCUT2D eigenvalue weighted by molar-refractivity contribution is 9.10. The second-order valence-corrected chi connectivity index (χ2v) is 5.79. The smallest absolute Gasteiger partial charge is 0.323 e. The molecular weight excluding hydrogens is 338 g/mol. The first kappa shape index (κ1) is 13.8. The van der Waals surface area contributed by atoms with E-state index in [2.05, 4.69) is 15.9 Å². The fraction of sp³-hybridized carbons (Fsp3) is 0.133. The van der Waals surface area contributed by atoms with Crippen LogP contribution in [0.5, 0.6) is 0 Å². The lowest BCUT2D eigenvalue weighted by atomic mass is 9.88. The molecule has 0 saturated heterocycles. The molecule has 1 aromatic heterocycles. The van der Waals surface area contributed by atoms with Crippen molar-refractivity contribution in [3.8, 4) is 11.1 Å². The van der Waals surface area contributed by atoms with Crippen LogP contribution in [0.2, 0.25) is 0 Å². The van der Waals surface area contributed by atoms with Gasteiger partial charge in [0.05, 0.1) is 0 Å². The fourth-order valence-electron chi connectivity index (χ4n) is 2.63. The Morgan fingerprint density at radius 3 is 2.52 bits per heavy atom. The number of rotatable bonds is 2. The monoisotopic (exact) mass is 347 g/mol. The second kappa shape index (κ2) is 4.66. The molecule has 0 aliphatic heterocycles. The molecule has 0 amide bonds. The molecule has 0 saturated carbocycles. The summed E-state index contributed by atoms with van der Waals surface area (Å²) in [6, 6.07) is 6.82. The molecule has 0 fully saturated rings. The van der Waals surface area contributed by atoms with Crippen LogP contribution in [0.4, 0.5) is 0 Å². The topological polar surface area (TPSA) is 76.4 Å². The summed E-state index contributed by atoms with van der Waals surface area (Å²) in [6.45, 7) is 1.38. The summed E-state index contributed by atoms with van der Waals surface area (Å²) in [5.74, 6) is -2.32. The van der Waals surface area contributed by atoms with E-state index in [1.165, 1.54) is 4.57 Å². The minimum absolute atomic E-state index is 0.158. The van der Waals surface area contributed by atoms with E-state index in [0.29, 0.717) is 22.4 Å². The number of aromatic nitrogens is 1. The molecule has 0 unspecified atom stereocenters. The largest absolute Gasteiger partial charge is 0.480 e. The van der Waals surface area contributed by atoms with Crippen LogP contribution in [-0.4, -0.2) is 27.2 Å². The van der Waals surface area contributed by atoms with Crippen LogP contribution in [0.1, 0.15) is 26.5 Å². The Morgan fingerprint density at radius 2 is 1.86 bits per heavy atom. The molecule has 106 valence electrons. The maximum Gasteiger partial charge on any atom is 0.323 e. The zero-order chi connectivity index (χ0) is 15.3. The molecule has 1 aliphatic rings. The van der Waals surface area contributed by atoms with Crippen molar-refractivity contribution in [3.05, 3.63) is 45.7 Å². The third-order valence-electron chi connectivity index (χ3n) is 3.54. The van der Waals surface area contributed by atoms with Crippen LogP contribution in [0, 0.1) is 6.92 Å². The zero-order valence-electron chi connectivity index (χ0n) is 11.0. The van der Waals surface area contributed by atoms with Gasteiger partial charge in [-0.05, 0) is 36.8 Å². The normalized spacial score (nSPS) is 13.0. The summed E-state index contributed by atoms with van der Waals surface area (Å²) in [5.41, 5.74) is 2.40. The number of aliphatic carboxylic acids is 1. The average Bonchev–Trinajstić information content (AvgIpc) is 2.73. The van der Waals surface area contributed by atoms with Crippen LogP contribution in [-0.2, 0) is 11.3 Å². The van der Waals surface area contributed by atoms with Crippen molar-refractivity contribution in [1.82, 2.24) is 4.57 Å². The van der Waals surface area contributed by atoms with E-state index in [1.54, 1.807) is 31.2 Å². The molecule has 1 aliphatic carbocycles. The number of aryl methyl sites for hydroxylation is 1. The zero-order valence-corrected chi connectivity index (χ0v) is 12.6. The predicted octanol–water partition coefficient (Wildman–Crippen LogP) is 2.69. The number of benzene rings is 1. The van der Waals surface area contributed by atoms with Gasteiger partial charge in [0.1, 0.15) is 12.2 Å². The Morgan fingerprint density at radius 1 is 1.14 bits per heavy atom. The molecule has 5 nitrogen and oxygen atoms in total. The number of hydrogen-bond acceptors (Lipinski definition) is 3. The number of carbonyl (C=O) groups is 3. The first-order chi connectivity index (χ1) is 9.90. The number of hydrogen-bond donors (Lipinski definition) is 1. The van der Waals surface area contributed by atoms with Crippen molar-refractivity contribution in [2.75, 3.05) is 0 Å². The summed E-state index contributed by atoms with van der Waals surface area (Å²) >= 11 is 3.35. The van der Waals surface area contributed by atoms with Crippen LogP contribution in [0.15, 0.2) is 28.7 Å².